The van der Waals surface area contributed by atoms with Crippen molar-refractivity contribution in [2.45, 2.75) is 33.2 Å². The lowest BCUT2D eigenvalue weighted by Gasteiger charge is -2.49. The second kappa shape index (κ2) is 5.41. The van der Waals surface area contributed by atoms with Crippen LogP contribution in [0.25, 0.3) is 0 Å². The SMILES string of the molecule is CC(C)(C)C1CN([C@@H](CO)Cc2ccccc2)C1. The van der Waals surface area contributed by atoms with Crippen LogP contribution in [0.1, 0.15) is 26.3 Å². The third-order valence-electron chi connectivity index (χ3n) is 4.18. The Morgan fingerprint density at radius 1 is 1.22 bits per heavy atom. The minimum atomic E-state index is 0.256. The number of likely N-dealkylation sites (tertiary alicyclic amines) is 1. The Kier molecular flexibility index (Phi) is 4.08. The molecule has 1 aliphatic heterocycles. The molecule has 0 radical (unpaired) electrons. The third-order valence-corrected chi connectivity index (χ3v) is 4.18. The Hall–Kier alpha value is -0.860. The van der Waals surface area contributed by atoms with Gasteiger partial charge in [-0.25, -0.2) is 0 Å². The van der Waals surface area contributed by atoms with Gasteiger partial charge in [0.15, 0.2) is 0 Å². The van der Waals surface area contributed by atoms with Crippen LogP contribution >= 0.6 is 0 Å². The molecule has 18 heavy (non-hydrogen) atoms. The fourth-order valence-corrected chi connectivity index (χ4v) is 2.55. The van der Waals surface area contributed by atoms with Gasteiger partial charge >= 0.3 is 0 Å². The molecule has 0 bridgehead atoms. The highest BCUT2D eigenvalue weighted by atomic mass is 16.3. The smallest absolute Gasteiger partial charge is 0.0590 e. The van der Waals surface area contributed by atoms with Crippen molar-refractivity contribution in [2.24, 2.45) is 11.3 Å². The molecule has 1 atom stereocenters. The highest BCUT2D eigenvalue weighted by Gasteiger charge is 2.38. The molecule has 2 rings (SSSR count). The first-order valence-electron chi connectivity index (χ1n) is 6.89. The fraction of sp³-hybridized carbons (Fsp3) is 0.625. The lowest BCUT2D eigenvalue weighted by atomic mass is 9.75. The van der Waals surface area contributed by atoms with Crippen molar-refractivity contribution in [1.82, 2.24) is 4.90 Å². The molecule has 0 unspecified atom stereocenters. The van der Waals surface area contributed by atoms with E-state index in [4.69, 9.17) is 0 Å². The van der Waals surface area contributed by atoms with Crippen molar-refractivity contribution in [3.05, 3.63) is 35.9 Å². The second-order valence-electron chi connectivity index (χ2n) is 6.54. The van der Waals surface area contributed by atoms with Crippen molar-refractivity contribution in [2.75, 3.05) is 19.7 Å². The molecular weight excluding hydrogens is 222 g/mol. The zero-order valence-corrected chi connectivity index (χ0v) is 11.8. The average molecular weight is 247 g/mol. The minimum Gasteiger partial charge on any atom is -0.395 e. The maximum atomic E-state index is 9.57. The number of nitrogens with zero attached hydrogens (tertiary/aromatic N) is 1. The summed E-state index contributed by atoms with van der Waals surface area (Å²) in [5.41, 5.74) is 1.71. The molecule has 1 N–H and O–H groups in total. The van der Waals surface area contributed by atoms with Crippen molar-refractivity contribution in [3.8, 4) is 0 Å². The summed E-state index contributed by atoms with van der Waals surface area (Å²) >= 11 is 0. The zero-order valence-electron chi connectivity index (χ0n) is 11.8. The molecule has 0 aromatic heterocycles. The number of rotatable bonds is 4. The number of benzene rings is 1. The molecule has 0 saturated carbocycles. The molecule has 0 amide bonds. The predicted molar refractivity (Wildman–Crippen MR) is 75.5 cm³/mol. The standard InChI is InChI=1S/C16H25NO/c1-16(2,3)14-10-17(11-14)15(12-18)9-13-7-5-4-6-8-13/h4-8,14-15,18H,9-12H2,1-3H3/t15-/m1/s1. The molecule has 2 nitrogen and oxygen atoms in total. The molecule has 100 valence electrons. The van der Waals surface area contributed by atoms with E-state index in [9.17, 15) is 5.11 Å². The van der Waals surface area contributed by atoms with Gasteiger partial charge in [-0.15, -0.1) is 0 Å². The van der Waals surface area contributed by atoms with Gasteiger partial charge in [-0.05, 0) is 23.3 Å². The molecule has 0 spiro atoms. The maximum absolute atomic E-state index is 9.57. The van der Waals surface area contributed by atoms with Crippen molar-refractivity contribution < 1.29 is 5.11 Å². The average Bonchev–Trinajstić information content (AvgIpc) is 2.25. The Bertz CT molecular complexity index is 362. The van der Waals surface area contributed by atoms with E-state index < -0.39 is 0 Å². The van der Waals surface area contributed by atoms with E-state index in [0.29, 0.717) is 5.41 Å². The van der Waals surface area contributed by atoms with Crippen molar-refractivity contribution in [3.63, 3.8) is 0 Å². The van der Waals surface area contributed by atoms with E-state index in [1.54, 1.807) is 0 Å². The number of hydrogen-bond acceptors (Lipinski definition) is 2. The molecule has 1 saturated heterocycles. The molecule has 1 heterocycles. The van der Waals surface area contributed by atoms with Gasteiger partial charge in [-0.1, -0.05) is 51.1 Å². The monoisotopic (exact) mass is 247 g/mol. The molecule has 0 aliphatic carbocycles. The molecule has 1 aromatic carbocycles. The number of hydrogen-bond donors (Lipinski definition) is 1. The van der Waals surface area contributed by atoms with Crippen molar-refractivity contribution in [1.29, 1.82) is 0 Å². The van der Waals surface area contributed by atoms with Crippen LogP contribution in [0.3, 0.4) is 0 Å². The predicted octanol–water partition coefficient (Wildman–Crippen LogP) is 2.57. The van der Waals surface area contributed by atoms with E-state index in [0.717, 1.165) is 25.4 Å². The lowest BCUT2D eigenvalue weighted by molar-refractivity contribution is -0.0231. The lowest BCUT2D eigenvalue weighted by Crippen LogP contribution is -2.57. The van der Waals surface area contributed by atoms with E-state index in [2.05, 4.69) is 49.9 Å². The summed E-state index contributed by atoms with van der Waals surface area (Å²) in [4.78, 5) is 2.42. The van der Waals surface area contributed by atoms with Gasteiger partial charge in [0.25, 0.3) is 0 Å². The Labute approximate surface area is 111 Å². The van der Waals surface area contributed by atoms with Crippen molar-refractivity contribution >= 4 is 0 Å². The first-order chi connectivity index (χ1) is 8.50. The maximum Gasteiger partial charge on any atom is 0.0590 e. The number of aliphatic hydroxyl groups excluding tert-OH is 1. The minimum absolute atomic E-state index is 0.256. The van der Waals surface area contributed by atoms with Gasteiger partial charge in [0.05, 0.1) is 6.61 Å². The summed E-state index contributed by atoms with van der Waals surface area (Å²) in [6.07, 6.45) is 0.953. The van der Waals surface area contributed by atoms with Gasteiger partial charge in [0, 0.05) is 19.1 Å². The summed E-state index contributed by atoms with van der Waals surface area (Å²) in [6, 6.07) is 10.7. The van der Waals surface area contributed by atoms with Crippen LogP contribution in [0, 0.1) is 11.3 Å². The quantitative estimate of drug-likeness (QED) is 0.884. The summed E-state index contributed by atoms with van der Waals surface area (Å²) < 4.78 is 0. The highest BCUT2D eigenvalue weighted by molar-refractivity contribution is 5.16. The van der Waals surface area contributed by atoms with Crippen LogP contribution in [0.2, 0.25) is 0 Å². The van der Waals surface area contributed by atoms with Crippen LogP contribution in [-0.4, -0.2) is 35.7 Å². The van der Waals surface area contributed by atoms with E-state index in [1.807, 2.05) is 6.07 Å². The first-order valence-corrected chi connectivity index (χ1v) is 6.89. The largest absolute Gasteiger partial charge is 0.395 e. The first kappa shape index (κ1) is 13.6. The topological polar surface area (TPSA) is 23.5 Å². The molecule has 1 fully saturated rings. The van der Waals surface area contributed by atoms with Crippen LogP contribution in [0.15, 0.2) is 30.3 Å². The normalized spacial score (nSPS) is 19.6. The van der Waals surface area contributed by atoms with Crippen LogP contribution in [-0.2, 0) is 6.42 Å². The van der Waals surface area contributed by atoms with Gasteiger partial charge in [-0.2, -0.15) is 0 Å². The zero-order chi connectivity index (χ0) is 13.2. The summed E-state index contributed by atoms with van der Waals surface area (Å²) in [7, 11) is 0. The molecule has 1 aromatic rings. The molecule has 2 heteroatoms. The van der Waals surface area contributed by atoms with Crippen LogP contribution < -0.4 is 0 Å². The third kappa shape index (κ3) is 3.12. The fourth-order valence-electron chi connectivity index (χ4n) is 2.55. The Morgan fingerprint density at radius 3 is 2.33 bits per heavy atom. The van der Waals surface area contributed by atoms with Gasteiger partial charge in [-0.3, -0.25) is 4.90 Å². The highest BCUT2D eigenvalue weighted by Crippen LogP contribution is 2.34. The summed E-state index contributed by atoms with van der Waals surface area (Å²) in [5, 5.41) is 9.57. The van der Waals surface area contributed by atoms with Gasteiger partial charge in [0.1, 0.15) is 0 Å². The Morgan fingerprint density at radius 2 is 1.83 bits per heavy atom. The molecular formula is C16H25NO. The van der Waals surface area contributed by atoms with Gasteiger partial charge in [0.2, 0.25) is 0 Å². The molecule has 1 aliphatic rings. The van der Waals surface area contributed by atoms with E-state index >= 15 is 0 Å². The van der Waals surface area contributed by atoms with Crippen LogP contribution in [0.4, 0.5) is 0 Å². The second-order valence-corrected chi connectivity index (χ2v) is 6.54. The number of aliphatic hydroxyl groups is 1. The summed E-state index contributed by atoms with van der Waals surface area (Å²) in [5.74, 6) is 0.766. The Balaban J connectivity index is 1.88. The van der Waals surface area contributed by atoms with E-state index in [1.165, 1.54) is 5.56 Å². The van der Waals surface area contributed by atoms with Gasteiger partial charge < -0.3 is 5.11 Å². The van der Waals surface area contributed by atoms with E-state index in [-0.39, 0.29) is 12.6 Å². The summed E-state index contributed by atoms with van der Waals surface area (Å²) in [6.45, 7) is 9.43. The van der Waals surface area contributed by atoms with Crippen LogP contribution in [0.5, 0.6) is 0 Å².